The smallest absolute Gasteiger partial charge is 0.233 e. The molecule has 2 unspecified atom stereocenters. The van der Waals surface area contributed by atoms with Crippen molar-refractivity contribution in [2.45, 2.75) is 62.1 Å². The van der Waals surface area contributed by atoms with Crippen LogP contribution in [0.3, 0.4) is 0 Å². The van der Waals surface area contributed by atoms with Gasteiger partial charge in [-0.25, -0.2) is 14.3 Å². The van der Waals surface area contributed by atoms with Gasteiger partial charge in [0, 0.05) is 17.1 Å². The molecule has 27 heavy (non-hydrogen) atoms. The summed E-state index contributed by atoms with van der Waals surface area (Å²) in [6, 6.07) is 0. The molecule has 2 atom stereocenters. The quantitative estimate of drug-likeness (QED) is 0.552. The third-order valence-corrected chi connectivity index (χ3v) is 8.11. The molecule has 0 fully saturated rings. The van der Waals surface area contributed by atoms with Crippen molar-refractivity contribution >= 4 is 26.9 Å². The SMILES string of the molecule is CC(C)(O)c1ncc(S(N)(=O)=NC(O)Nc2c3c(nc4c2CC4)CCC3)s1. The Morgan fingerprint density at radius 2 is 2.00 bits per heavy atom. The largest absolute Gasteiger partial charge is 0.383 e. The zero-order valence-electron chi connectivity index (χ0n) is 15.2. The molecule has 8 nitrogen and oxygen atoms in total. The van der Waals surface area contributed by atoms with E-state index in [1.807, 2.05) is 0 Å². The molecule has 146 valence electrons. The average molecular weight is 410 g/mol. The van der Waals surface area contributed by atoms with Crippen molar-refractivity contribution in [3.05, 3.63) is 33.7 Å². The number of nitrogens with one attached hydrogen (secondary N) is 1. The zero-order chi connectivity index (χ0) is 19.4. The number of rotatable bonds is 5. The first-order valence-corrected chi connectivity index (χ1v) is 11.3. The van der Waals surface area contributed by atoms with Crippen LogP contribution in [-0.4, -0.2) is 30.7 Å². The Labute approximate surface area is 162 Å². The van der Waals surface area contributed by atoms with Crippen LogP contribution >= 0.6 is 11.3 Å². The normalized spacial score (nSPS) is 18.9. The van der Waals surface area contributed by atoms with Gasteiger partial charge in [0.2, 0.25) is 6.35 Å². The topological polar surface area (TPSA) is 134 Å². The number of anilines is 1. The summed E-state index contributed by atoms with van der Waals surface area (Å²) in [6.45, 7) is 3.17. The summed E-state index contributed by atoms with van der Waals surface area (Å²) >= 11 is 1.03. The molecule has 2 aliphatic carbocycles. The minimum atomic E-state index is -3.35. The Balaban J connectivity index is 1.62. The van der Waals surface area contributed by atoms with Gasteiger partial charge in [0.1, 0.15) is 24.7 Å². The van der Waals surface area contributed by atoms with Gasteiger partial charge in [-0.3, -0.25) is 4.98 Å². The van der Waals surface area contributed by atoms with Crippen LogP contribution in [-0.2, 0) is 41.2 Å². The van der Waals surface area contributed by atoms with Crippen molar-refractivity contribution in [3.8, 4) is 0 Å². The number of fused-ring (bicyclic) bond motifs is 2. The number of pyridine rings is 1. The summed E-state index contributed by atoms with van der Waals surface area (Å²) in [6.07, 6.45) is 4.68. The van der Waals surface area contributed by atoms with E-state index >= 15 is 0 Å². The van der Waals surface area contributed by atoms with Crippen LogP contribution in [0.15, 0.2) is 14.8 Å². The Bertz CT molecular complexity index is 1020. The van der Waals surface area contributed by atoms with Crippen molar-refractivity contribution in [2.24, 2.45) is 9.50 Å². The second-order valence-electron chi connectivity index (χ2n) is 7.43. The third-order valence-electron chi connectivity index (χ3n) is 4.85. The van der Waals surface area contributed by atoms with E-state index in [1.54, 1.807) is 13.8 Å². The second kappa shape index (κ2) is 6.49. The van der Waals surface area contributed by atoms with Crippen LogP contribution in [0.2, 0.25) is 0 Å². The van der Waals surface area contributed by atoms with E-state index in [2.05, 4.69) is 14.7 Å². The van der Waals surface area contributed by atoms with Gasteiger partial charge in [-0.15, -0.1) is 11.3 Å². The molecule has 2 aromatic heterocycles. The standard InChI is InChI=1S/C17H23N5O3S2/c1-17(2,24)15-19-8-13(26-15)27(18,25)22-16(23)21-14-9-4-3-5-11(9)20-12-7-6-10(12)14/h8,16,23-24H,3-7H2,1-2H3,(H,20,21)(H2,18,22,25). The summed E-state index contributed by atoms with van der Waals surface area (Å²) in [4.78, 5) is 8.76. The molecular formula is C17H23N5O3S2. The lowest BCUT2D eigenvalue weighted by molar-refractivity contribution is 0.0783. The summed E-state index contributed by atoms with van der Waals surface area (Å²) < 4.78 is 16.9. The molecule has 4 rings (SSSR count). The summed E-state index contributed by atoms with van der Waals surface area (Å²) in [7, 11) is -3.35. The first kappa shape index (κ1) is 18.8. The molecule has 2 aromatic rings. The fraction of sp³-hybridized carbons (Fsp3) is 0.529. The van der Waals surface area contributed by atoms with E-state index in [-0.39, 0.29) is 4.21 Å². The van der Waals surface area contributed by atoms with E-state index in [4.69, 9.17) is 10.1 Å². The van der Waals surface area contributed by atoms with Crippen LogP contribution in [0, 0.1) is 0 Å². The first-order valence-electron chi connectivity index (χ1n) is 8.86. The van der Waals surface area contributed by atoms with Gasteiger partial charge in [0.25, 0.3) is 0 Å². The van der Waals surface area contributed by atoms with Crippen LogP contribution in [0.5, 0.6) is 0 Å². The predicted octanol–water partition coefficient (Wildman–Crippen LogP) is 1.44. The predicted molar refractivity (Wildman–Crippen MR) is 104 cm³/mol. The lowest BCUT2D eigenvalue weighted by Crippen LogP contribution is -2.26. The number of aryl methyl sites for hydroxylation is 2. The van der Waals surface area contributed by atoms with Crippen molar-refractivity contribution in [2.75, 3.05) is 5.32 Å². The van der Waals surface area contributed by atoms with Gasteiger partial charge in [0.05, 0.1) is 6.20 Å². The average Bonchev–Trinajstić information content (AvgIpc) is 3.18. The number of hydrogen-bond donors (Lipinski definition) is 4. The van der Waals surface area contributed by atoms with E-state index in [9.17, 15) is 14.4 Å². The van der Waals surface area contributed by atoms with Gasteiger partial charge in [-0.1, -0.05) is 0 Å². The van der Waals surface area contributed by atoms with Crippen LogP contribution in [0.25, 0.3) is 0 Å². The van der Waals surface area contributed by atoms with Crippen LogP contribution in [0.1, 0.15) is 47.8 Å². The molecule has 0 aromatic carbocycles. The van der Waals surface area contributed by atoms with Gasteiger partial charge < -0.3 is 15.5 Å². The van der Waals surface area contributed by atoms with E-state index in [0.29, 0.717) is 5.01 Å². The number of nitrogens with zero attached hydrogens (tertiary/aromatic N) is 3. The highest BCUT2D eigenvalue weighted by Gasteiger charge is 2.28. The minimum absolute atomic E-state index is 0.216. The van der Waals surface area contributed by atoms with E-state index in [0.717, 1.165) is 71.6 Å². The molecule has 0 saturated carbocycles. The first-order chi connectivity index (χ1) is 12.6. The zero-order valence-corrected chi connectivity index (χ0v) is 16.9. The van der Waals surface area contributed by atoms with Gasteiger partial charge in [0.15, 0.2) is 0 Å². The van der Waals surface area contributed by atoms with Crippen molar-refractivity contribution < 1.29 is 14.4 Å². The maximum atomic E-state index is 12.8. The summed E-state index contributed by atoms with van der Waals surface area (Å²) in [5.74, 6) is 0. The number of nitrogens with two attached hydrogens (primary N) is 1. The fourth-order valence-electron chi connectivity index (χ4n) is 3.43. The number of thiazole rings is 1. The Morgan fingerprint density at radius 3 is 2.63 bits per heavy atom. The molecule has 10 heteroatoms. The Morgan fingerprint density at radius 1 is 1.30 bits per heavy atom. The minimum Gasteiger partial charge on any atom is -0.383 e. The Kier molecular flexibility index (Phi) is 4.51. The molecule has 0 saturated heterocycles. The molecular weight excluding hydrogens is 386 g/mol. The highest BCUT2D eigenvalue weighted by Crippen LogP contribution is 2.38. The van der Waals surface area contributed by atoms with Crippen LogP contribution in [0.4, 0.5) is 5.69 Å². The van der Waals surface area contributed by atoms with E-state index < -0.39 is 21.9 Å². The lowest BCUT2D eigenvalue weighted by atomic mass is 9.89. The molecule has 0 bridgehead atoms. The molecule has 0 aliphatic heterocycles. The molecule has 2 aliphatic rings. The molecule has 0 radical (unpaired) electrons. The van der Waals surface area contributed by atoms with Crippen molar-refractivity contribution in [1.82, 2.24) is 9.97 Å². The van der Waals surface area contributed by atoms with Gasteiger partial charge >= 0.3 is 0 Å². The monoisotopic (exact) mass is 409 g/mol. The van der Waals surface area contributed by atoms with Gasteiger partial charge in [-0.05, 0) is 57.1 Å². The highest BCUT2D eigenvalue weighted by molar-refractivity contribution is 7.93. The molecule has 2 heterocycles. The van der Waals surface area contributed by atoms with E-state index in [1.165, 1.54) is 6.20 Å². The third kappa shape index (κ3) is 3.47. The maximum Gasteiger partial charge on any atom is 0.233 e. The maximum absolute atomic E-state index is 12.8. The molecule has 5 N–H and O–H groups in total. The number of hydrogen-bond acceptors (Lipinski definition) is 8. The molecule has 0 amide bonds. The summed E-state index contributed by atoms with van der Waals surface area (Å²) in [5.41, 5.74) is 4.08. The second-order valence-corrected chi connectivity index (χ2v) is 10.5. The molecule has 0 spiro atoms. The lowest BCUT2D eigenvalue weighted by Gasteiger charge is -2.26. The Hall–Kier alpha value is -1.59. The van der Waals surface area contributed by atoms with Crippen molar-refractivity contribution in [3.63, 3.8) is 0 Å². The number of aliphatic hydroxyl groups is 2. The number of aliphatic hydroxyl groups excluding tert-OH is 1. The van der Waals surface area contributed by atoms with Crippen molar-refractivity contribution in [1.29, 1.82) is 0 Å². The fourth-order valence-corrected chi connectivity index (χ4v) is 5.58. The highest BCUT2D eigenvalue weighted by atomic mass is 32.2. The summed E-state index contributed by atoms with van der Waals surface area (Å²) in [5, 5.41) is 29.7. The van der Waals surface area contributed by atoms with Gasteiger partial charge in [-0.2, -0.15) is 4.36 Å². The van der Waals surface area contributed by atoms with Crippen LogP contribution < -0.4 is 10.5 Å². The number of aromatic nitrogens is 2.